The van der Waals surface area contributed by atoms with Crippen LogP contribution < -0.4 is 15.5 Å². The molecular weight excluding hydrogens is 584 g/mol. The van der Waals surface area contributed by atoms with E-state index in [-0.39, 0.29) is 29.9 Å². The van der Waals surface area contributed by atoms with Crippen molar-refractivity contribution in [3.05, 3.63) is 59.4 Å². The van der Waals surface area contributed by atoms with Gasteiger partial charge in [0.2, 0.25) is 11.8 Å². The first-order valence-electron chi connectivity index (χ1n) is 16.4. The highest BCUT2D eigenvalue weighted by Gasteiger charge is 2.45. The van der Waals surface area contributed by atoms with E-state index in [1.54, 1.807) is 18.2 Å². The first-order chi connectivity index (χ1) is 22.3. The maximum absolute atomic E-state index is 13.2. The molecule has 5 heterocycles. The third-order valence-corrected chi connectivity index (χ3v) is 10.3. The Kier molecular flexibility index (Phi) is 7.12. The van der Waals surface area contributed by atoms with E-state index in [0.29, 0.717) is 17.9 Å². The van der Waals surface area contributed by atoms with E-state index in [1.165, 1.54) is 24.1 Å². The number of carbonyl (C=O) groups excluding carboxylic acids is 4. The summed E-state index contributed by atoms with van der Waals surface area (Å²) in [7, 11) is 2.17. The average molecular weight is 623 g/mol. The molecule has 3 aliphatic heterocycles. The van der Waals surface area contributed by atoms with Gasteiger partial charge in [-0.05, 0) is 81.3 Å². The van der Waals surface area contributed by atoms with Crippen molar-refractivity contribution in [3.8, 4) is 11.4 Å². The Labute approximate surface area is 267 Å². The van der Waals surface area contributed by atoms with Crippen LogP contribution in [0.15, 0.2) is 42.7 Å². The number of amides is 4. The maximum Gasteiger partial charge on any atom is 0.262 e. The van der Waals surface area contributed by atoms with E-state index in [2.05, 4.69) is 44.4 Å². The summed E-state index contributed by atoms with van der Waals surface area (Å²) in [5, 5.41) is 10.9. The number of aromatic nitrogens is 3. The number of piperazine rings is 1. The number of nitrogens with one attached hydrogen (secondary N) is 2. The number of carbonyl (C=O) groups is 4. The smallest absolute Gasteiger partial charge is 0.262 e. The summed E-state index contributed by atoms with van der Waals surface area (Å²) in [5.41, 5.74) is 5.85. The summed E-state index contributed by atoms with van der Waals surface area (Å²) < 4.78 is 2.17. The number of benzene rings is 1. The Morgan fingerprint density at radius 1 is 0.935 bits per heavy atom. The largest absolute Gasteiger partial charge is 0.385 e. The van der Waals surface area contributed by atoms with E-state index >= 15 is 0 Å². The average Bonchev–Trinajstić information content (AvgIpc) is 3.75. The van der Waals surface area contributed by atoms with Crippen LogP contribution in [0, 0.1) is 5.92 Å². The van der Waals surface area contributed by atoms with Gasteiger partial charge >= 0.3 is 0 Å². The molecule has 2 saturated carbocycles. The Balaban J connectivity index is 0.922. The minimum absolute atomic E-state index is 0.0987. The molecule has 2 aromatic heterocycles. The number of anilines is 2. The van der Waals surface area contributed by atoms with Gasteiger partial charge in [0.1, 0.15) is 17.4 Å². The number of likely N-dealkylation sites (N-methyl/N-ethyl adjacent to an activating group) is 1. The number of rotatable bonds is 8. The molecule has 4 fully saturated rings. The van der Waals surface area contributed by atoms with Crippen molar-refractivity contribution >= 4 is 35.0 Å². The topological polar surface area (TPSA) is 133 Å². The van der Waals surface area contributed by atoms with E-state index in [9.17, 15) is 19.2 Å². The number of pyridine rings is 1. The van der Waals surface area contributed by atoms with Gasteiger partial charge in [0.05, 0.1) is 22.9 Å². The van der Waals surface area contributed by atoms with Gasteiger partial charge in [-0.2, -0.15) is 5.10 Å². The van der Waals surface area contributed by atoms with E-state index in [1.807, 2.05) is 12.3 Å². The quantitative estimate of drug-likeness (QED) is 0.364. The third-order valence-electron chi connectivity index (χ3n) is 10.3. The van der Waals surface area contributed by atoms with Crippen LogP contribution in [0.3, 0.4) is 0 Å². The maximum atomic E-state index is 13.2. The zero-order valence-electron chi connectivity index (χ0n) is 25.9. The van der Waals surface area contributed by atoms with Gasteiger partial charge in [0.15, 0.2) is 0 Å². The highest BCUT2D eigenvalue weighted by molar-refractivity contribution is 6.23. The van der Waals surface area contributed by atoms with Crippen LogP contribution >= 0.6 is 0 Å². The van der Waals surface area contributed by atoms with Crippen molar-refractivity contribution in [1.29, 1.82) is 0 Å². The Morgan fingerprint density at radius 2 is 1.72 bits per heavy atom. The molecule has 238 valence electrons. The molecular formula is C34H38N8O4. The van der Waals surface area contributed by atoms with Crippen molar-refractivity contribution in [2.24, 2.45) is 5.92 Å². The lowest BCUT2D eigenvalue weighted by molar-refractivity contribution is -0.136. The summed E-state index contributed by atoms with van der Waals surface area (Å²) in [6.07, 6.45) is 8.78. The molecule has 46 heavy (non-hydrogen) atoms. The Hall–Kier alpha value is -4.58. The summed E-state index contributed by atoms with van der Waals surface area (Å²) in [4.78, 5) is 60.8. The minimum Gasteiger partial charge on any atom is -0.385 e. The van der Waals surface area contributed by atoms with Gasteiger partial charge in [-0.15, -0.1) is 0 Å². The van der Waals surface area contributed by atoms with E-state index < -0.39 is 23.8 Å². The number of imide groups is 2. The number of piperidine rings is 1. The number of fused-ring (bicyclic) bond motifs is 1. The lowest BCUT2D eigenvalue weighted by atomic mass is 9.80. The predicted molar refractivity (Wildman–Crippen MR) is 171 cm³/mol. The number of nitrogens with zero attached hydrogens (tertiary/aromatic N) is 6. The van der Waals surface area contributed by atoms with Crippen molar-refractivity contribution in [3.63, 3.8) is 0 Å². The monoisotopic (exact) mass is 622 g/mol. The van der Waals surface area contributed by atoms with E-state index in [0.717, 1.165) is 67.5 Å². The molecule has 4 amide bonds. The lowest BCUT2D eigenvalue weighted by Crippen LogP contribution is -2.54. The first-order valence-corrected chi connectivity index (χ1v) is 16.4. The normalized spacial score (nSPS) is 25.0. The first kappa shape index (κ1) is 28.9. The molecule has 1 aromatic carbocycles. The van der Waals surface area contributed by atoms with Gasteiger partial charge in [0.25, 0.3) is 11.8 Å². The zero-order valence-corrected chi connectivity index (χ0v) is 25.9. The molecule has 12 heteroatoms. The van der Waals surface area contributed by atoms with Crippen LogP contribution in [0.1, 0.15) is 76.8 Å². The SMILES string of the molecule is CN1CCN(c2cccnc2-c2nn([C@H]3C[C@H](CNc4ccc5c(c4)C(=O)N(C4CCC(=O)NC4=O)C5=O)C3)cc2C2CC2)CC1. The zero-order chi connectivity index (χ0) is 31.5. The molecule has 3 aromatic rings. The second-order valence-corrected chi connectivity index (χ2v) is 13.4. The lowest BCUT2D eigenvalue weighted by Gasteiger charge is -2.36. The molecule has 2 saturated heterocycles. The van der Waals surface area contributed by atoms with Crippen molar-refractivity contribution in [2.75, 3.05) is 50.0 Å². The van der Waals surface area contributed by atoms with Crippen LogP contribution in [0.25, 0.3) is 11.4 Å². The van der Waals surface area contributed by atoms with Gasteiger partial charge in [-0.3, -0.25) is 39.1 Å². The molecule has 12 nitrogen and oxygen atoms in total. The summed E-state index contributed by atoms with van der Waals surface area (Å²) in [6.45, 7) is 4.79. The van der Waals surface area contributed by atoms with E-state index in [4.69, 9.17) is 10.1 Å². The van der Waals surface area contributed by atoms with Crippen LogP contribution in [-0.4, -0.2) is 94.0 Å². The van der Waals surface area contributed by atoms with Crippen molar-refractivity contribution in [2.45, 2.75) is 56.5 Å². The molecule has 2 aliphatic carbocycles. The second-order valence-electron chi connectivity index (χ2n) is 13.4. The standard InChI is InChI=1S/C34H38N8O4/c1-39-11-13-40(14-12-39)27-3-2-10-35-31(27)30-26(21-4-5-21)19-41(38-30)23-15-20(16-23)18-36-22-6-7-24-25(17-22)34(46)42(33(24)45)28-8-9-29(43)37-32(28)44/h2-3,6-7,10,17,19-21,23,28,36H,4-5,8-9,11-16,18H2,1H3,(H,37,43,44)/t20-,23-,28?. The highest BCUT2D eigenvalue weighted by atomic mass is 16.2. The van der Waals surface area contributed by atoms with Gasteiger partial charge in [-0.1, -0.05) is 0 Å². The number of hydrogen-bond acceptors (Lipinski definition) is 9. The van der Waals surface area contributed by atoms with Crippen LogP contribution in [0.4, 0.5) is 11.4 Å². The second kappa shape index (κ2) is 11.3. The highest BCUT2D eigenvalue weighted by Crippen LogP contribution is 2.47. The summed E-state index contributed by atoms with van der Waals surface area (Å²) >= 11 is 0. The Bertz CT molecular complexity index is 1730. The van der Waals surface area contributed by atoms with Crippen LogP contribution in [0.2, 0.25) is 0 Å². The fourth-order valence-corrected chi connectivity index (χ4v) is 7.28. The van der Waals surface area contributed by atoms with Crippen molar-refractivity contribution in [1.82, 2.24) is 29.9 Å². The van der Waals surface area contributed by atoms with Gasteiger partial charge in [-0.25, -0.2) is 0 Å². The molecule has 1 atom stereocenters. The fraction of sp³-hybridized carbons (Fsp3) is 0.471. The predicted octanol–water partition coefficient (Wildman–Crippen LogP) is 3.04. The van der Waals surface area contributed by atoms with Gasteiger partial charge in [0, 0.05) is 62.8 Å². The van der Waals surface area contributed by atoms with Crippen LogP contribution in [0.5, 0.6) is 0 Å². The molecule has 0 radical (unpaired) electrons. The van der Waals surface area contributed by atoms with Gasteiger partial charge < -0.3 is 15.1 Å². The third kappa shape index (κ3) is 5.14. The molecule has 1 unspecified atom stereocenters. The van der Waals surface area contributed by atoms with Crippen LogP contribution in [-0.2, 0) is 9.59 Å². The van der Waals surface area contributed by atoms with Crippen molar-refractivity contribution < 1.29 is 19.2 Å². The molecule has 2 N–H and O–H groups in total. The molecule has 0 bridgehead atoms. The Morgan fingerprint density at radius 3 is 2.48 bits per heavy atom. The molecule has 5 aliphatic rings. The fourth-order valence-electron chi connectivity index (χ4n) is 7.28. The summed E-state index contributed by atoms with van der Waals surface area (Å²) in [5.74, 6) is -0.970. The summed E-state index contributed by atoms with van der Waals surface area (Å²) in [6, 6.07) is 8.72. The molecule has 8 rings (SSSR count). The number of hydrogen-bond donors (Lipinski definition) is 2. The minimum atomic E-state index is -0.965. The molecule has 0 spiro atoms.